The van der Waals surface area contributed by atoms with Gasteiger partial charge in [0.15, 0.2) is 5.96 Å². The molecular weight excluding hydrogens is 266 g/mol. The lowest BCUT2D eigenvalue weighted by Crippen LogP contribution is -2.45. The lowest BCUT2D eigenvalue weighted by atomic mass is 10.3. The van der Waals surface area contributed by atoms with E-state index < -0.39 is 0 Å². The van der Waals surface area contributed by atoms with Crippen molar-refractivity contribution in [3.63, 3.8) is 0 Å². The number of hydrogen-bond donors (Lipinski definition) is 2. The fourth-order valence-corrected chi connectivity index (χ4v) is 2.22. The van der Waals surface area contributed by atoms with Crippen molar-refractivity contribution in [1.29, 1.82) is 0 Å². The molecule has 0 saturated heterocycles. The summed E-state index contributed by atoms with van der Waals surface area (Å²) in [7, 11) is 1.77. The molecule has 1 atom stereocenters. The Morgan fingerprint density at radius 1 is 1.29 bits per heavy atom. The van der Waals surface area contributed by atoms with Gasteiger partial charge in [-0.25, -0.2) is 4.98 Å². The summed E-state index contributed by atoms with van der Waals surface area (Å²) in [4.78, 5) is 11.0. The van der Waals surface area contributed by atoms with Gasteiger partial charge in [0, 0.05) is 19.6 Å². The molecule has 0 fully saturated rings. The number of aliphatic imine (C=N–C) groups is 1. The van der Waals surface area contributed by atoms with Crippen molar-refractivity contribution in [1.82, 2.24) is 20.5 Å². The minimum atomic E-state index is 0.463. The molecule has 1 aromatic heterocycles. The molecule has 0 bridgehead atoms. The van der Waals surface area contributed by atoms with Gasteiger partial charge in [0.05, 0.1) is 12.2 Å². The zero-order chi connectivity index (χ0) is 15.8. The highest BCUT2D eigenvalue weighted by atomic mass is 16.4. The smallest absolute Gasteiger partial charge is 0.214 e. The quantitative estimate of drug-likeness (QED) is 0.592. The van der Waals surface area contributed by atoms with Gasteiger partial charge in [0.25, 0.3) is 0 Å². The van der Waals surface area contributed by atoms with Crippen LogP contribution < -0.4 is 10.6 Å². The van der Waals surface area contributed by atoms with E-state index in [2.05, 4.69) is 46.3 Å². The highest BCUT2D eigenvalue weighted by Crippen LogP contribution is 2.07. The lowest BCUT2D eigenvalue weighted by Gasteiger charge is -2.27. The van der Waals surface area contributed by atoms with Crippen LogP contribution in [0.3, 0.4) is 0 Å². The van der Waals surface area contributed by atoms with Gasteiger partial charge in [-0.1, -0.05) is 13.8 Å². The molecule has 0 spiro atoms. The summed E-state index contributed by atoms with van der Waals surface area (Å²) >= 11 is 0. The van der Waals surface area contributed by atoms with Gasteiger partial charge in [-0.2, -0.15) is 0 Å². The van der Waals surface area contributed by atoms with E-state index in [1.807, 2.05) is 13.8 Å². The van der Waals surface area contributed by atoms with Crippen molar-refractivity contribution in [2.45, 2.75) is 47.2 Å². The summed E-state index contributed by atoms with van der Waals surface area (Å²) in [6.07, 6.45) is 0. The summed E-state index contributed by atoms with van der Waals surface area (Å²) in [6, 6.07) is 0.463. The van der Waals surface area contributed by atoms with Crippen LogP contribution in [0.15, 0.2) is 9.41 Å². The van der Waals surface area contributed by atoms with E-state index in [1.165, 1.54) is 0 Å². The van der Waals surface area contributed by atoms with Crippen LogP contribution in [0, 0.1) is 13.8 Å². The van der Waals surface area contributed by atoms with Crippen LogP contribution in [-0.2, 0) is 6.54 Å². The maximum absolute atomic E-state index is 5.54. The molecule has 1 rings (SSSR count). The Bertz CT molecular complexity index is 431. The van der Waals surface area contributed by atoms with Crippen LogP contribution in [0.4, 0.5) is 0 Å². The molecule has 0 aliphatic heterocycles. The highest BCUT2D eigenvalue weighted by Gasteiger charge is 2.11. The number of hydrogen-bond acceptors (Lipinski definition) is 4. The van der Waals surface area contributed by atoms with Crippen LogP contribution in [0.5, 0.6) is 0 Å². The van der Waals surface area contributed by atoms with Gasteiger partial charge in [0.1, 0.15) is 5.76 Å². The standard InChI is InChI=1S/C15H29N5O/c1-7-20(8-2)11(3)9-17-15(16-6)18-10-14-19-12(4)13(5)21-14/h11H,7-10H2,1-6H3,(H2,16,17,18). The van der Waals surface area contributed by atoms with E-state index in [0.29, 0.717) is 18.5 Å². The Balaban J connectivity index is 2.42. The normalized spacial score (nSPS) is 13.6. The van der Waals surface area contributed by atoms with E-state index in [1.54, 1.807) is 7.05 Å². The topological polar surface area (TPSA) is 65.7 Å². The number of oxazole rings is 1. The number of aryl methyl sites for hydroxylation is 2. The predicted octanol–water partition coefficient (Wildman–Crippen LogP) is 1.69. The Labute approximate surface area is 128 Å². The van der Waals surface area contributed by atoms with E-state index >= 15 is 0 Å². The first kappa shape index (κ1) is 17.5. The summed E-state index contributed by atoms with van der Waals surface area (Å²) < 4.78 is 5.54. The van der Waals surface area contributed by atoms with Crippen molar-refractivity contribution >= 4 is 5.96 Å². The zero-order valence-corrected chi connectivity index (χ0v) is 14.2. The van der Waals surface area contributed by atoms with Gasteiger partial charge in [0.2, 0.25) is 5.89 Å². The number of rotatable bonds is 7. The molecule has 1 heterocycles. The second-order valence-electron chi connectivity index (χ2n) is 5.13. The van der Waals surface area contributed by atoms with Crippen molar-refractivity contribution < 1.29 is 4.42 Å². The van der Waals surface area contributed by atoms with Gasteiger partial charge in [-0.15, -0.1) is 0 Å². The average Bonchev–Trinajstić information content (AvgIpc) is 2.79. The summed E-state index contributed by atoms with van der Waals surface area (Å²) in [5.41, 5.74) is 0.935. The SMILES string of the molecule is CCN(CC)C(C)CNC(=NC)NCc1nc(C)c(C)o1. The summed E-state index contributed by atoms with van der Waals surface area (Å²) in [5.74, 6) is 2.32. The Hall–Kier alpha value is -1.56. The molecule has 1 unspecified atom stereocenters. The van der Waals surface area contributed by atoms with Gasteiger partial charge in [-0.05, 0) is 33.9 Å². The molecule has 1 aromatic rings. The number of guanidine groups is 1. The molecule has 6 nitrogen and oxygen atoms in total. The van der Waals surface area contributed by atoms with Crippen LogP contribution >= 0.6 is 0 Å². The van der Waals surface area contributed by atoms with Crippen LogP contribution in [0.2, 0.25) is 0 Å². The Morgan fingerprint density at radius 3 is 2.43 bits per heavy atom. The molecule has 0 amide bonds. The molecule has 0 aliphatic rings. The minimum absolute atomic E-state index is 0.463. The fraction of sp³-hybridized carbons (Fsp3) is 0.733. The van der Waals surface area contributed by atoms with E-state index in [0.717, 1.165) is 37.0 Å². The van der Waals surface area contributed by atoms with E-state index in [4.69, 9.17) is 4.42 Å². The number of nitrogens with zero attached hydrogens (tertiary/aromatic N) is 3. The maximum atomic E-state index is 5.54. The monoisotopic (exact) mass is 295 g/mol. The third-order valence-corrected chi connectivity index (χ3v) is 3.70. The first-order valence-electron chi connectivity index (χ1n) is 7.63. The maximum Gasteiger partial charge on any atom is 0.214 e. The Morgan fingerprint density at radius 2 is 1.95 bits per heavy atom. The molecule has 21 heavy (non-hydrogen) atoms. The molecule has 2 N–H and O–H groups in total. The largest absolute Gasteiger partial charge is 0.444 e. The highest BCUT2D eigenvalue weighted by molar-refractivity contribution is 5.79. The molecule has 0 radical (unpaired) electrons. The minimum Gasteiger partial charge on any atom is -0.444 e. The first-order chi connectivity index (χ1) is 10.0. The molecule has 0 aliphatic carbocycles. The molecule has 0 aromatic carbocycles. The second-order valence-corrected chi connectivity index (χ2v) is 5.13. The first-order valence-corrected chi connectivity index (χ1v) is 7.63. The van der Waals surface area contributed by atoms with Gasteiger partial charge in [-0.3, -0.25) is 9.89 Å². The number of nitrogens with one attached hydrogen (secondary N) is 2. The van der Waals surface area contributed by atoms with Crippen LogP contribution in [0.25, 0.3) is 0 Å². The third-order valence-electron chi connectivity index (χ3n) is 3.70. The van der Waals surface area contributed by atoms with Crippen molar-refractivity contribution in [3.8, 4) is 0 Å². The predicted molar refractivity (Wildman–Crippen MR) is 86.6 cm³/mol. The third kappa shape index (κ3) is 5.38. The number of likely N-dealkylation sites (N-methyl/N-ethyl adjacent to an activating group) is 1. The molecule has 120 valence electrons. The van der Waals surface area contributed by atoms with Crippen LogP contribution in [-0.4, -0.2) is 48.6 Å². The average molecular weight is 295 g/mol. The van der Waals surface area contributed by atoms with E-state index in [9.17, 15) is 0 Å². The lowest BCUT2D eigenvalue weighted by molar-refractivity contribution is 0.231. The summed E-state index contributed by atoms with van der Waals surface area (Å²) in [5, 5.41) is 6.56. The molecule has 0 saturated carbocycles. The van der Waals surface area contributed by atoms with Crippen molar-refractivity contribution in [2.24, 2.45) is 4.99 Å². The van der Waals surface area contributed by atoms with Crippen LogP contribution in [0.1, 0.15) is 38.1 Å². The molecular formula is C15H29N5O. The molecule has 6 heteroatoms. The second kappa shape index (κ2) is 8.67. The van der Waals surface area contributed by atoms with E-state index in [-0.39, 0.29) is 0 Å². The van der Waals surface area contributed by atoms with Crippen molar-refractivity contribution in [3.05, 3.63) is 17.3 Å². The summed E-state index contributed by atoms with van der Waals surface area (Å²) in [6.45, 7) is 13.9. The van der Waals surface area contributed by atoms with Gasteiger partial charge < -0.3 is 15.1 Å². The number of aromatic nitrogens is 1. The fourth-order valence-electron chi connectivity index (χ4n) is 2.22. The Kier molecular flexibility index (Phi) is 7.22. The van der Waals surface area contributed by atoms with Crippen molar-refractivity contribution in [2.75, 3.05) is 26.7 Å². The van der Waals surface area contributed by atoms with Gasteiger partial charge >= 0.3 is 0 Å². The zero-order valence-electron chi connectivity index (χ0n) is 14.2.